The summed E-state index contributed by atoms with van der Waals surface area (Å²) in [5, 5.41) is 19.9. The number of nitrogens with zero attached hydrogens (tertiary/aromatic N) is 5. The molecule has 0 bridgehead atoms. The minimum absolute atomic E-state index is 0.0344. The topological polar surface area (TPSA) is 86.2 Å². The van der Waals surface area contributed by atoms with Crippen LogP contribution in [0, 0.1) is 29.5 Å². The number of hydrogen-bond donors (Lipinski definition) is 0. The van der Waals surface area contributed by atoms with E-state index in [0.717, 1.165) is 98.4 Å². The number of benzene rings is 7. The van der Waals surface area contributed by atoms with Crippen molar-refractivity contribution in [3.8, 4) is 90.4 Å². The van der Waals surface area contributed by atoms with Gasteiger partial charge in [-0.05, 0) is 159 Å². The van der Waals surface area contributed by atoms with Gasteiger partial charge in [0.2, 0.25) is 0 Å². The van der Waals surface area contributed by atoms with Crippen molar-refractivity contribution in [1.82, 2.24) is 15.0 Å². The van der Waals surface area contributed by atoms with Crippen LogP contribution in [0.1, 0.15) is 43.1 Å². The highest BCUT2D eigenvalue weighted by molar-refractivity contribution is 5.94. The van der Waals surface area contributed by atoms with Crippen molar-refractivity contribution in [2.24, 2.45) is 0 Å². The Hall–Kier alpha value is -9.03. The molecular formula is C64H47N5. The number of aryl methyl sites for hydroxylation is 4. The van der Waals surface area contributed by atoms with Gasteiger partial charge in [0.25, 0.3) is 0 Å². The number of aromatic nitrogens is 3. The third kappa shape index (κ3) is 9.91. The predicted octanol–water partition coefficient (Wildman–Crippen LogP) is 15.2. The fourth-order valence-electron chi connectivity index (χ4n) is 9.04. The largest absolute Gasteiger partial charge is 0.256 e. The van der Waals surface area contributed by atoms with Crippen molar-refractivity contribution in [3.63, 3.8) is 0 Å². The van der Waals surface area contributed by atoms with Crippen molar-refractivity contribution in [3.05, 3.63) is 258 Å². The van der Waals surface area contributed by atoms with Crippen molar-refractivity contribution < 1.29 is 4.11 Å². The molecule has 0 aliphatic rings. The van der Waals surface area contributed by atoms with E-state index in [9.17, 15) is 10.5 Å². The Kier molecular flexibility index (Phi) is 11.8. The molecule has 0 aliphatic carbocycles. The third-order valence-electron chi connectivity index (χ3n) is 12.7. The van der Waals surface area contributed by atoms with Crippen LogP contribution in [-0.2, 0) is 25.7 Å². The molecule has 0 fully saturated rings. The highest BCUT2D eigenvalue weighted by atomic mass is 14.7. The molecule has 10 rings (SSSR count). The Bertz CT molecular complexity index is 3460. The van der Waals surface area contributed by atoms with Crippen LogP contribution in [0.3, 0.4) is 0 Å². The van der Waals surface area contributed by atoms with Crippen molar-refractivity contribution in [2.45, 2.75) is 32.5 Å². The van der Waals surface area contributed by atoms with Crippen LogP contribution in [0.25, 0.3) is 78.3 Å². The summed E-state index contributed by atoms with van der Waals surface area (Å²) in [7, 11) is 0. The van der Waals surface area contributed by atoms with E-state index in [4.69, 9.17) is 9.10 Å². The van der Waals surface area contributed by atoms with E-state index in [2.05, 4.69) is 119 Å². The normalized spacial score (nSPS) is 11.7. The van der Waals surface area contributed by atoms with Gasteiger partial charge in [0, 0.05) is 39.4 Å². The Labute approximate surface area is 408 Å². The molecule has 5 nitrogen and oxygen atoms in total. The SMILES string of the molecule is [2H]C([2H])([2H])c1c(C#N)cc(-c2ccc(-c3cc(-c4ccccn4)ccc3-c3ccccc3-c3cc(CCc4ccc(-c5ccccn5)cc4)cc(CCc4ccc(-c5ccccn5)cc4)c3)cc2)cc1C#N. The standard InChI is InChI=1S/C64H47N5/c1-44-56(42-65)39-54(40-57(44)43-66)49-27-29-50(30-28-49)61-41-53(64-14-6-9-35-69-64)31-32-60(61)59-11-3-2-10-58(59)55-37-47(17-15-45-19-23-51(24-20-45)62-12-4-7-33-67-62)36-48(38-55)18-16-46-21-25-52(26-22-46)63-13-5-8-34-68-63/h2-14,19-41H,15-18H2,1H3/i1D3. The number of nitriles is 2. The van der Waals surface area contributed by atoms with E-state index in [1.54, 1.807) is 18.3 Å². The molecule has 0 saturated heterocycles. The molecule has 69 heavy (non-hydrogen) atoms. The molecule has 0 radical (unpaired) electrons. The van der Waals surface area contributed by atoms with Crippen molar-refractivity contribution in [1.29, 1.82) is 10.5 Å². The van der Waals surface area contributed by atoms with Gasteiger partial charge in [-0.3, -0.25) is 15.0 Å². The molecule has 0 amide bonds. The van der Waals surface area contributed by atoms with Gasteiger partial charge in [-0.15, -0.1) is 0 Å². The molecule has 5 heteroatoms. The first-order chi connectivity index (χ1) is 35.2. The van der Waals surface area contributed by atoms with Gasteiger partial charge in [0.1, 0.15) is 0 Å². The number of pyridine rings is 3. The average Bonchev–Trinajstić information content (AvgIpc) is 3.44. The summed E-state index contributed by atoms with van der Waals surface area (Å²) in [6, 6.07) is 72.7. The lowest BCUT2D eigenvalue weighted by atomic mass is 9.86. The van der Waals surface area contributed by atoms with Gasteiger partial charge in [-0.2, -0.15) is 10.5 Å². The third-order valence-corrected chi connectivity index (χ3v) is 12.7. The van der Waals surface area contributed by atoms with Gasteiger partial charge < -0.3 is 0 Å². The first-order valence-electron chi connectivity index (χ1n) is 24.6. The Morgan fingerprint density at radius 3 is 1.28 bits per heavy atom. The highest BCUT2D eigenvalue weighted by Crippen LogP contribution is 2.41. The van der Waals surface area contributed by atoms with E-state index >= 15 is 0 Å². The second-order valence-electron chi connectivity index (χ2n) is 17.1. The Morgan fingerprint density at radius 2 is 0.783 bits per heavy atom. The summed E-state index contributed by atoms with van der Waals surface area (Å²) < 4.78 is 24.0. The van der Waals surface area contributed by atoms with Crippen molar-refractivity contribution in [2.75, 3.05) is 0 Å². The number of rotatable bonds is 13. The predicted molar refractivity (Wildman–Crippen MR) is 280 cm³/mol. The summed E-state index contributed by atoms with van der Waals surface area (Å²) in [4.78, 5) is 13.8. The maximum absolute atomic E-state index is 9.97. The van der Waals surface area contributed by atoms with Crippen molar-refractivity contribution >= 4 is 0 Å². The Balaban J connectivity index is 1.02. The van der Waals surface area contributed by atoms with Crippen LogP contribution in [-0.4, -0.2) is 15.0 Å². The van der Waals surface area contributed by atoms with E-state index in [-0.39, 0.29) is 16.7 Å². The quantitative estimate of drug-likeness (QED) is 0.115. The molecule has 328 valence electrons. The molecule has 0 unspecified atom stereocenters. The molecule has 0 saturated carbocycles. The first-order valence-corrected chi connectivity index (χ1v) is 23.1. The fourth-order valence-corrected chi connectivity index (χ4v) is 9.04. The van der Waals surface area contributed by atoms with Gasteiger partial charge in [-0.25, -0.2) is 0 Å². The molecular weight excluding hydrogens is 839 g/mol. The van der Waals surface area contributed by atoms with Crippen LogP contribution < -0.4 is 0 Å². The second kappa shape index (κ2) is 20.2. The van der Waals surface area contributed by atoms with Gasteiger partial charge in [0.05, 0.1) is 40.3 Å². The van der Waals surface area contributed by atoms with E-state index < -0.39 is 6.85 Å². The maximum atomic E-state index is 9.97. The highest BCUT2D eigenvalue weighted by Gasteiger charge is 2.17. The van der Waals surface area contributed by atoms with Gasteiger partial charge in [-0.1, -0.05) is 146 Å². The van der Waals surface area contributed by atoms with Crippen LogP contribution in [0.15, 0.2) is 219 Å². The minimum atomic E-state index is -2.60. The fraction of sp³-hybridized carbons (Fsp3) is 0.0781. The molecule has 0 N–H and O–H groups in total. The van der Waals surface area contributed by atoms with Gasteiger partial charge in [0.15, 0.2) is 0 Å². The zero-order chi connectivity index (χ0) is 49.4. The van der Waals surface area contributed by atoms with Crippen LogP contribution in [0.2, 0.25) is 0 Å². The smallest absolute Gasteiger partial charge is 0.0995 e. The molecule has 0 atom stereocenters. The molecule has 0 spiro atoms. The maximum Gasteiger partial charge on any atom is 0.0995 e. The first kappa shape index (κ1) is 40.3. The second-order valence-corrected chi connectivity index (χ2v) is 17.1. The lowest BCUT2D eigenvalue weighted by molar-refractivity contribution is 0.931. The van der Waals surface area contributed by atoms with Gasteiger partial charge >= 0.3 is 0 Å². The molecule has 0 aliphatic heterocycles. The van der Waals surface area contributed by atoms with E-state index in [1.807, 2.05) is 103 Å². The molecule has 10 aromatic rings. The summed E-state index contributed by atoms with van der Waals surface area (Å²) >= 11 is 0. The van der Waals surface area contributed by atoms with E-state index in [1.165, 1.54) is 22.3 Å². The summed E-state index contributed by atoms with van der Waals surface area (Å²) in [6.45, 7) is -2.60. The van der Waals surface area contributed by atoms with Crippen LogP contribution in [0.5, 0.6) is 0 Å². The summed E-state index contributed by atoms with van der Waals surface area (Å²) in [5.41, 5.74) is 18.4. The van der Waals surface area contributed by atoms with E-state index in [0.29, 0.717) is 5.56 Å². The van der Waals surface area contributed by atoms with Crippen LogP contribution >= 0.6 is 0 Å². The summed E-state index contributed by atoms with van der Waals surface area (Å²) in [5.74, 6) is 0. The molecule has 7 aromatic carbocycles. The lowest BCUT2D eigenvalue weighted by Gasteiger charge is -2.18. The van der Waals surface area contributed by atoms with Crippen LogP contribution in [0.4, 0.5) is 0 Å². The summed E-state index contributed by atoms with van der Waals surface area (Å²) in [6.07, 6.45) is 8.96. The zero-order valence-corrected chi connectivity index (χ0v) is 37.8. The average molecular weight is 889 g/mol. The zero-order valence-electron chi connectivity index (χ0n) is 40.8. The minimum Gasteiger partial charge on any atom is -0.256 e. The monoisotopic (exact) mass is 888 g/mol. The lowest BCUT2D eigenvalue weighted by Crippen LogP contribution is -1.98. The Morgan fingerprint density at radius 1 is 0.348 bits per heavy atom. The number of hydrogen-bond acceptors (Lipinski definition) is 5. The molecule has 3 heterocycles. The molecule has 3 aromatic heterocycles.